The van der Waals surface area contributed by atoms with Crippen molar-refractivity contribution in [2.45, 2.75) is 19.5 Å². The number of carbonyl (C=O) groups excluding carboxylic acids is 2. The first kappa shape index (κ1) is 15.5. The average molecular weight is 292 g/mol. The van der Waals surface area contributed by atoms with Gasteiger partial charge in [-0.1, -0.05) is 12.1 Å². The third-order valence-electron chi connectivity index (χ3n) is 3.86. The number of ether oxygens (including phenoxy) is 2. The second kappa shape index (κ2) is 6.24. The van der Waals surface area contributed by atoms with Crippen molar-refractivity contribution in [3.8, 4) is 0 Å². The molecule has 0 aliphatic carbocycles. The minimum atomic E-state index is -0.689. The summed E-state index contributed by atoms with van der Waals surface area (Å²) in [7, 11) is 1.34. The van der Waals surface area contributed by atoms with Crippen LogP contribution in [0.1, 0.15) is 22.8 Å². The summed E-state index contributed by atoms with van der Waals surface area (Å²) in [5, 5.41) is 2.86. The molecule has 6 heteroatoms. The Hall–Kier alpha value is -1.92. The Morgan fingerprint density at radius 3 is 2.62 bits per heavy atom. The second-order valence-corrected chi connectivity index (χ2v) is 5.41. The van der Waals surface area contributed by atoms with Crippen LogP contribution in [0.5, 0.6) is 0 Å². The summed E-state index contributed by atoms with van der Waals surface area (Å²) in [6, 6.07) is 6.60. The zero-order chi connectivity index (χ0) is 15.5. The average Bonchev–Trinajstić information content (AvgIpc) is 2.85. The number of rotatable bonds is 4. The highest BCUT2D eigenvalue weighted by Gasteiger charge is 2.44. The molecule has 1 fully saturated rings. The van der Waals surface area contributed by atoms with E-state index < -0.39 is 5.41 Å². The largest absolute Gasteiger partial charge is 0.465 e. The predicted molar refractivity (Wildman–Crippen MR) is 76.5 cm³/mol. The highest BCUT2D eigenvalue weighted by atomic mass is 16.5. The van der Waals surface area contributed by atoms with Crippen LogP contribution in [0.25, 0.3) is 0 Å². The predicted octanol–water partition coefficient (Wildman–Crippen LogP) is 0.453. The van der Waals surface area contributed by atoms with Crippen LogP contribution in [0.15, 0.2) is 24.3 Å². The summed E-state index contributed by atoms with van der Waals surface area (Å²) < 4.78 is 9.89. The van der Waals surface area contributed by atoms with E-state index in [4.69, 9.17) is 10.5 Å². The first-order valence-electron chi connectivity index (χ1n) is 6.76. The van der Waals surface area contributed by atoms with E-state index in [9.17, 15) is 9.59 Å². The number of carbonyl (C=O) groups is 2. The molecule has 2 unspecified atom stereocenters. The second-order valence-electron chi connectivity index (χ2n) is 5.41. The van der Waals surface area contributed by atoms with Gasteiger partial charge in [0.1, 0.15) is 0 Å². The fraction of sp³-hybridized carbons (Fsp3) is 0.467. The lowest BCUT2D eigenvalue weighted by Gasteiger charge is -2.25. The molecule has 2 rings (SSSR count). The summed E-state index contributed by atoms with van der Waals surface area (Å²) in [5.41, 5.74) is 6.60. The molecule has 21 heavy (non-hydrogen) atoms. The summed E-state index contributed by atoms with van der Waals surface area (Å²) in [6.45, 7) is 2.92. The van der Waals surface area contributed by atoms with Gasteiger partial charge in [0, 0.05) is 12.6 Å². The topological polar surface area (TPSA) is 90.6 Å². The number of hydrogen-bond acceptors (Lipinski definition) is 5. The summed E-state index contributed by atoms with van der Waals surface area (Å²) in [4.78, 5) is 23.6. The molecule has 0 aromatic heterocycles. The fourth-order valence-corrected chi connectivity index (χ4v) is 2.18. The molecule has 3 N–H and O–H groups in total. The Bertz CT molecular complexity index is 529. The Labute approximate surface area is 123 Å². The van der Waals surface area contributed by atoms with Crippen LogP contribution in [0.4, 0.5) is 0 Å². The fourth-order valence-electron chi connectivity index (χ4n) is 2.18. The molecule has 114 valence electrons. The van der Waals surface area contributed by atoms with Gasteiger partial charge in [0.2, 0.25) is 5.91 Å². The van der Waals surface area contributed by atoms with Gasteiger partial charge in [0.15, 0.2) is 0 Å². The molecule has 0 saturated carbocycles. The number of esters is 1. The van der Waals surface area contributed by atoms with Crippen molar-refractivity contribution < 1.29 is 19.1 Å². The lowest BCUT2D eigenvalue weighted by Crippen LogP contribution is -2.49. The SMILES string of the molecule is COC(=O)c1ccc(CNC(=O)C2(C)COCC2N)cc1. The summed E-state index contributed by atoms with van der Waals surface area (Å²) >= 11 is 0. The van der Waals surface area contributed by atoms with E-state index in [1.165, 1.54) is 7.11 Å². The van der Waals surface area contributed by atoms with Crippen molar-refractivity contribution >= 4 is 11.9 Å². The van der Waals surface area contributed by atoms with E-state index in [-0.39, 0.29) is 17.9 Å². The van der Waals surface area contributed by atoms with E-state index in [1.54, 1.807) is 31.2 Å². The minimum Gasteiger partial charge on any atom is -0.465 e. The van der Waals surface area contributed by atoms with Crippen LogP contribution in [0.2, 0.25) is 0 Å². The van der Waals surface area contributed by atoms with Crippen LogP contribution >= 0.6 is 0 Å². The van der Waals surface area contributed by atoms with Gasteiger partial charge in [-0.05, 0) is 24.6 Å². The van der Waals surface area contributed by atoms with Gasteiger partial charge >= 0.3 is 5.97 Å². The molecule has 0 radical (unpaired) electrons. The van der Waals surface area contributed by atoms with Crippen LogP contribution in [0.3, 0.4) is 0 Å². The first-order chi connectivity index (χ1) is 9.97. The van der Waals surface area contributed by atoms with Gasteiger partial charge < -0.3 is 20.5 Å². The van der Waals surface area contributed by atoms with Gasteiger partial charge in [-0.3, -0.25) is 4.79 Å². The van der Waals surface area contributed by atoms with Crippen molar-refractivity contribution in [3.05, 3.63) is 35.4 Å². The standard InChI is InChI=1S/C15H20N2O4/c1-15(9-21-8-12(15)16)14(19)17-7-10-3-5-11(6-4-10)13(18)20-2/h3-6,12H,7-9,16H2,1-2H3,(H,17,19). The van der Waals surface area contributed by atoms with Crippen molar-refractivity contribution in [3.63, 3.8) is 0 Å². The molecule has 1 aromatic rings. The first-order valence-corrected chi connectivity index (χ1v) is 6.76. The molecule has 1 heterocycles. The highest BCUT2D eigenvalue weighted by molar-refractivity contribution is 5.89. The maximum atomic E-state index is 12.2. The maximum Gasteiger partial charge on any atom is 0.337 e. The quantitative estimate of drug-likeness (QED) is 0.786. The van der Waals surface area contributed by atoms with Crippen molar-refractivity contribution in [1.82, 2.24) is 5.32 Å². The van der Waals surface area contributed by atoms with Gasteiger partial charge in [0.05, 0.1) is 31.3 Å². The maximum absolute atomic E-state index is 12.2. The lowest BCUT2D eigenvalue weighted by molar-refractivity contribution is -0.130. The third-order valence-corrected chi connectivity index (χ3v) is 3.86. The van der Waals surface area contributed by atoms with Gasteiger partial charge in [-0.2, -0.15) is 0 Å². The van der Waals surface area contributed by atoms with E-state index in [0.29, 0.717) is 25.3 Å². The summed E-state index contributed by atoms with van der Waals surface area (Å²) in [6.07, 6.45) is 0. The van der Waals surface area contributed by atoms with Crippen molar-refractivity contribution in [1.29, 1.82) is 0 Å². The van der Waals surface area contributed by atoms with Crippen molar-refractivity contribution in [2.75, 3.05) is 20.3 Å². The van der Waals surface area contributed by atoms with E-state index in [0.717, 1.165) is 5.56 Å². The summed E-state index contributed by atoms with van der Waals surface area (Å²) in [5.74, 6) is -0.503. The van der Waals surface area contributed by atoms with Gasteiger partial charge in [-0.15, -0.1) is 0 Å². The molecule has 0 bridgehead atoms. The Kier molecular flexibility index (Phi) is 4.59. The monoisotopic (exact) mass is 292 g/mol. The molecule has 1 amide bonds. The van der Waals surface area contributed by atoms with Crippen molar-refractivity contribution in [2.24, 2.45) is 11.1 Å². The molecule has 1 saturated heterocycles. The number of methoxy groups -OCH3 is 1. The molecule has 1 aliphatic heterocycles. The molecular formula is C15H20N2O4. The normalized spacial score (nSPS) is 24.6. The highest BCUT2D eigenvalue weighted by Crippen LogP contribution is 2.27. The smallest absolute Gasteiger partial charge is 0.337 e. The number of benzene rings is 1. The Morgan fingerprint density at radius 1 is 1.43 bits per heavy atom. The zero-order valence-corrected chi connectivity index (χ0v) is 12.2. The Balaban J connectivity index is 1.94. The van der Waals surface area contributed by atoms with Gasteiger partial charge in [0.25, 0.3) is 0 Å². The van der Waals surface area contributed by atoms with Crippen LogP contribution < -0.4 is 11.1 Å². The third kappa shape index (κ3) is 3.22. The number of amides is 1. The van der Waals surface area contributed by atoms with E-state index in [2.05, 4.69) is 10.1 Å². The number of hydrogen-bond donors (Lipinski definition) is 2. The lowest BCUT2D eigenvalue weighted by atomic mass is 9.85. The molecule has 2 atom stereocenters. The van der Waals surface area contributed by atoms with E-state index >= 15 is 0 Å². The molecular weight excluding hydrogens is 272 g/mol. The number of nitrogens with two attached hydrogens (primary N) is 1. The van der Waals surface area contributed by atoms with Gasteiger partial charge in [-0.25, -0.2) is 4.79 Å². The molecule has 0 spiro atoms. The van der Waals surface area contributed by atoms with E-state index in [1.807, 2.05) is 0 Å². The minimum absolute atomic E-state index is 0.121. The van der Waals surface area contributed by atoms with Crippen LogP contribution in [-0.2, 0) is 20.8 Å². The molecule has 1 aromatic carbocycles. The zero-order valence-electron chi connectivity index (χ0n) is 12.2. The van der Waals surface area contributed by atoms with Crippen LogP contribution in [-0.4, -0.2) is 38.2 Å². The van der Waals surface area contributed by atoms with Crippen LogP contribution in [0, 0.1) is 5.41 Å². The molecule has 6 nitrogen and oxygen atoms in total. The molecule has 1 aliphatic rings. The number of nitrogens with one attached hydrogen (secondary N) is 1. The Morgan fingerprint density at radius 2 is 2.10 bits per heavy atom.